The minimum Gasteiger partial charge on any atom is -0.508 e. The first-order chi connectivity index (χ1) is 16.9. The molecule has 2 aromatic rings. The number of anilines is 1. The summed E-state index contributed by atoms with van der Waals surface area (Å²) in [6.07, 6.45) is -6.14. The summed E-state index contributed by atoms with van der Waals surface area (Å²) in [4.78, 5) is 23.6. The number of aromatic carboxylic acids is 1. The number of carbonyl (C=O) groups is 2. The number of rotatable bonds is 7. The molecule has 1 amide bonds. The number of hydrogen-bond acceptors (Lipinski definition) is 12. The van der Waals surface area contributed by atoms with Crippen molar-refractivity contribution in [3.63, 3.8) is 0 Å². The molecular weight excluding hydrogens is 486 g/mol. The molecule has 14 heteroatoms. The van der Waals surface area contributed by atoms with E-state index >= 15 is 0 Å². The third-order valence-electron chi connectivity index (χ3n) is 5.18. The molecule has 10 N–H and O–H groups in total. The molecule has 1 heterocycles. The average molecular weight is 509 g/mol. The maximum Gasteiger partial charge on any atom is 0.338 e. The Kier molecular flexibility index (Phi) is 7.87. The third-order valence-corrected chi connectivity index (χ3v) is 5.18. The van der Waals surface area contributed by atoms with Gasteiger partial charge in [0, 0.05) is 12.1 Å². The summed E-state index contributed by atoms with van der Waals surface area (Å²) >= 11 is 0. The molecule has 0 aromatic heterocycles. The van der Waals surface area contributed by atoms with Crippen LogP contribution < -0.4 is 10.1 Å². The highest BCUT2D eigenvalue weighted by atomic mass is 16.7. The highest BCUT2D eigenvalue weighted by molar-refractivity contribution is 6.07. The molecule has 194 valence electrons. The van der Waals surface area contributed by atoms with Crippen LogP contribution in [-0.2, 0) is 9.53 Å². The van der Waals surface area contributed by atoms with E-state index in [9.17, 15) is 55.5 Å². The van der Waals surface area contributed by atoms with Gasteiger partial charge < -0.3 is 60.7 Å². The topological polar surface area (TPSA) is 247 Å². The SMILES string of the molecule is O=C(C=Cc1cc(O)c(O)c(O[C@H]2O[C@@H](CO)[C@H](O)[C@H](O)[C@@H]2O)c1)Nc1c(O)cc(O)cc1C(=O)O. The number of benzene rings is 2. The van der Waals surface area contributed by atoms with Gasteiger partial charge in [-0.05, 0) is 29.8 Å². The highest BCUT2D eigenvalue weighted by Gasteiger charge is 2.45. The van der Waals surface area contributed by atoms with Gasteiger partial charge in [-0.15, -0.1) is 0 Å². The molecule has 36 heavy (non-hydrogen) atoms. The number of aromatic hydroxyl groups is 4. The maximum atomic E-state index is 12.3. The molecule has 0 unspecified atom stereocenters. The monoisotopic (exact) mass is 509 g/mol. The summed E-state index contributed by atoms with van der Waals surface area (Å²) in [6.45, 7) is -0.722. The fourth-order valence-corrected chi connectivity index (χ4v) is 3.34. The van der Waals surface area contributed by atoms with Crippen LogP contribution in [0.2, 0.25) is 0 Å². The lowest BCUT2D eigenvalue weighted by Gasteiger charge is -2.39. The molecule has 0 radical (unpaired) electrons. The number of amides is 1. The van der Waals surface area contributed by atoms with Crippen LogP contribution in [0.1, 0.15) is 15.9 Å². The van der Waals surface area contributed by atoms with Crippen molar-refractivity contribution in [1.82, 2.24) is 0 Å². The third kappa shape index (κ3) is 5.59. The number of aliphatic hydroxyl groups is 4. The van der Waals surface area contributed by atoms with Crippen LogP contribution in [0, 0.1) is 0 Å². The molecular formula is C22H23NO13. The minimum atomic E-state index is -1.80. The number of hydrogen-bond donors (Lipinski definition) is 10. The molecule has 5 atom stereocenters. The molecule has 1 aliphatic heterocycles. The normalized spacial score (nSPS) is 23.9. The van der Waals surface area contributed by atoms with Crippen molar-refractivity contribution in [1.29, 1.82) is 0 Å². The van der Waals surface area contributed by atoms with Gasteiger partial charge in [-0.1, -0.05) is 0 Å². The van der Waals surface area contributed by atoms with Gasteiger partial charge in [-0.25, -0.2) is 4.79 Å². The molecule has 1 saturated heterocycles. The summed E-state index contributed by atoms with van der Waals surface area (Å²) in [5.41, 5.74) is -0.990. The van der Waals surface area contributed by atoms with Gasteiger partial charge in [0.15, 0.2) is 11.5 Å². The second-order valence-corrected chi connectivity index (χ2v) is 7.72. The zero-order chi connectivity index (χ0) is 26.7. The lowest BCUT2D eigenvalue weighted by molar-refractivity contribution is -0.277. The highest BCUT2D eigenvalue weighted by Crippen LogP contribution is 2.39. The van der Waals surface area contributed by atoms with E-state index in [-0.39, 0.29) is 5.56 Å². The van der Waals surface area contributed by atoms with E-state index in [1.54, 1.807) is 0 Å². The van der Waals surface area contributed by atoms with Gasteiger partial charge in [0.2, 0.25) is 17.9 Å². The predicted octanol–water partition coefficient (Wildman–Crippen LogP) is -0.962. The van der Waals surface area contributed by atoms with Crippen molar-refractivity contribution in [3.05, 3.63) is 41.5 Å². The first-order valence-electron chi connectivity index (χ1n) is 10.2. The Bertz CT molecular complexity index is 1180. The Hall–Kier alpha value is -4.08. The van der Waals surface area contributed by atoms with Crippen LogP contribution in [0.5, 0.6) is 28.7 Å². The van der Waals surface area contributed by atoms with Gasteiger partial charge in [0.25, 0.3) is 0 Å². The Labute approximate surface area is 202 Å². The maximum absolute atomic E-state index is 12.3. The van der Waals surface area contributed by atoms with Crippen LogP contribution in [0.15, 0.2) is 30.3 Å². The zero-order valence-corrected chi connectivity index (χ0v) is 18.2. The van der Waals surface area contributed by atoms with Gasteiger partial charge in [0.1, 0.15) is 35.9 Å². The zero-order valence-electron chi connectivity index (χ0n) is 18.2. The summed E-state index contributed by atoms with van der Waals surface area (Å²) in [5.74, 6) is -5.63. The number of aliphatic hydroxyl groups excluding tert-OH is 4. The molecule has 0 spiro atoms. The predicted molar refractivity (Wildman–Crippen MR) is 119 cm³/mol. The van der Waals surface area contributed by atoms with Gasteiger partial charge in [0.05, 0.1) is 17.9 Å². The second-order valence-electron chi connectivity index (χ2n) is 7.72. The van der Waals surface area contributed by atoms with Crippen molar-refractivity contribution >= 4 is 23.6 Å². The standard InChI is InChI=1S/C22H23NO13/c24-7-14-18(30)19(31)20(32)22(36-14)35-13-4-8(3-12(27)17(13)29)1-2-15(28)23-16-10(21(33)34)5-9(25)6-11(16)26/h1-6,14,18-20,22,24-27,29-32H,7H2,(H,23,28)(H,33,34)/t14-,18-,19-,20-,22-/m0/s1. The van der Waals surface area contributed by atoms with Crippen molar-refractivity contribution in [2.24, 2.45) is 0 Å². The molecule has 0 aliphatic carbocycles. The van der Waals surface area contributed by atoms with E-state index in [0.29, 0.717) is 0 Å². The Balaban J connectivity index is 1.81. The van der Waals surface area contributed by atoms with Crippen LogP contribution in [0.3, 0.4) is 0 Å². The van der Waals surface area contributed by atoms with E-state index in [1.807, 2.05) is 0 Å². The minimum absolute atomic E-state index is 0.0634. The van der Waals surface area contributed by atoms with Crippen molar-refractivity contribution in [2.75, 3.05) is 11.9 Å². The largest absolute Gasteiger partial charge is 0.508 e. The summed E-state index contributed by atoms with van der Waals surface area (Å²) in [5, 5.41) is 89.9. The number of nitrogens with one attached hydrogen (secondary N) is 1. The lowest BCUT2D eigenvalue weighted by Crippen LogP contribution is -2.60. The summed E-state index contributed by atoms with van der Waals surface area (Å²) < 4.78 is 10.5. The fraction of sp³-hybridized carbons (Fsp3) is 0.273. The molecule has 0 saturated carbocycles. The number of ether oxygens (including phenoxy) is 2. The summed E-state index contributed by atoms with van der Waals surface area (Å²) in [7, 11) is 0. The van der Waals surface area contributed by atoms with Crippen LogP contribution in [0.25, 0.3) is 6.08 Å². The lowest BCUT2D eigenvalue weighted by atomic mass is 9.99. The molecule has 3 rings (SSSR count). The molecule has 2 aromatic carbocycles. The van der Waals surface area contributed by atoms with E-state index in [4.69, 9.17) is 9.47 Å². The molecule has 14 nitrogen and oxygen atoms in total. The van der Waals surface area contributed by atoms with Crippen molar-refractivity contribution in [2.45, 2.75) is 30.7 Å². The Morgan fingerprint density at radius 2 is 1.67 bits per heavy atom. The first kappa shape index (κ1) is 26.5. The van der Waals surface area contributed by atoms with E-state index in [0.717, 1.165) is 36.4 Å². The number of carboxylic acids is 1. The van der Waals surface area contributed by atoms with Gasteiger partial charge in [-0.2, -0.15) is 0 Å². The van der Waals surface area contributed by atoms with Crippen LogP contribution in [0.4, 0.5) is 5.69 Å². The molecule has 1 fully saturated rings. The Morgan fingerprint density at radius 3 is 2.31 bits per heavy atom. The van der Waals surface area contributed by atoms with Crippen molar-refractivity contribution in [3.8, 4) is 28.7 Å². The van der Waals surface area contributed by atoms with Crippen LogP contribution >= 0.6 is 0 Å². The average Bonchev–Trinajstić information content (AvgIpc) is 2.82. The molecule has 1 aliphatic rings. The van der Waals surface area contributed by atoms with Crippen LogP contribution in [-0.4, -0.2) is 95.1 Å². The quantitative estimate of drug-likeness (QED) is 0.123. The number of carboxylic acid groups (broad SMARTS) is 1. The summed E-state index contributed by atoms with van der Waals surface area (Å²) in [6, 6.07) is 3.79. The number of phenolic OH excluding ortho intramolecular Hbond substituents is 4. The van der Waals surface area contributed by atoms with E-state index in [2.05, 4.69) is 5.32 Å². The first-order valence-corrected chi connectivity index (χ1v) is 10.2. The second kappa shape index (κ2) is 10.7. The van der Waals surface area contributed by atoms with Crippen molar-refractivity contribution < 1.29 is 65.0 Å². The Morgan fingerprint density at radius 1 is 0.972 bits per heavy atom. The number of phenols is 4. The van der Waals surface area contributed by atoms with Gasteiger partial charge in [-0.3, -0.25) is 4.79 Å². The fourth-order valence-electron chi connectivity index (χ4n) is 3.34. The number of carbonyl (C=O) groups excluding carboxylic acids is 1. The smallest absolute Gasteiger partial charge is 0.338 e. The van der Waals surface area contributed by atoms with E-state index in [1.165, 1.54) is 0 Å². The molecule has 0 bridgehead atoms. The van der Waals surface area contributed by atoms with E-state index < -0.39 is 89.2 Å². The van der Waals surface area contributed by atoms with Gasteiger partial charge >= 0.3 is 5.97 Å².